The number of hydrogen-bond acceptors (Lipinski definition) is 2. The second kappa shape index (κ2) is 6.50. The van der Waals surface area contributed by atoms with Crippen molar-refractivity contribution in [2.75, 3.05) is 0 Å². The Bertz CT molecular complexity index is 922. The number of nitrogens with zero attached hydrogens (tertiary/aromatic N) is 1. The maximum Gasteiger partial charge on any atom is 0.0849 e. The Kier molecular flexibility index (Phi) is 4.06. The summed E-state index contributed by atoms with van der Waals surface area (Å²) in [4.78, 5) is 7.33. The molecule has 2 heteroatoms. The third-order valence-corrected chi connectivity index (χ3v) is 5.07. The molecule has 1 nitrogen and oxygen atoms in total. The Balaban J connectivity index is 1.84. The van der Waals surface area contributed by atoms with Crippen LogP contribution in [0.25, 0.3) is 6.08 Å². The number of rotatable bonds is 2. The van der Waals surface area contributed by atoms with Gasteiger partial charge in [0.15, 0.2) is 0 Å². The molecule has 1 aliphatic heterocycles. The van der Waals surface area contributed by atoms with Crippen molar-refractivity contribution in [2.24, 2.45) is 4.99 Å². The molecule has 0 saturated heterocycles. The summed E-state index contributed by atoms with van der Waals surface area (Å²) in [7, 11) is 0. The average Bonchev–Trinajstić information content (AvgIpc) is 2.64. The van der Waals surface area contributed by atoms with E-state index in [1.807, 2.05) is 12.1 Å². The molecule has 0 amide bonds. The quantitative estimate of drug-likeness (QED) is 0.541. The van der Waals surface area contributed by atoms with E-state index in [1.165, 1.54) is 20.9 Å². The Morgan fingerprint density at radius 3 is 2.29 bits per heavy atom. The van der Waals surface area contributed by atoms with Crippen LogP contribution in [0.2, 0.25) is 0 Å². The van der Waals surface area contributed by atoms with Crippen molar-refractivity contribution >= 4 is 29.2 Å². The average molecular weight is 327 g/mol. The van der Waals surface area contributed by atoms with E-state index >= 15 is 0 Å². The largest absolute Gasteiger partial charge is 0.246 e. The number of hydrogen-bond donors (Lipinski definition) is 0. The summed E-state index contributed by atoms with van der Waals surface area (Å²) >= 11 is 1.79. The number of benzene rings is 3. The molecule has 0 radical (unpaired) electrons. The zero-order chi connectivity index (χ0) is 16.4. The monoisotopic (exact) mass is 327 g/mol. The first-order valence-electron chi connectivity index (χ1n) is 7.99. The first kappa shape index (κ1) is 15.0. The molecule has 24 heavy (non-hydrogen) atoms. The molecule has 116 valence electrons. The maximum atomic E-state index is 4.94. The van der Waals surface area contributed by atoms with E-state index in [0.717, 1.165) is 17.0 Å². The lowest BCUT2D eigenvalue weighted by Gasteiger charge is -2.18. The molecule has 0 unspecified atom stereocenters. The van der Waals surface area contributed by atoms with Crippen molar-refractivity contribution in [2.45, 2.75) is 11.8 Å². The number of thioether (sulfide) groups is 1. The number of fused-ring (bicyclic) bond motifs is 1. The minimum Gasteiger partial charge on any atom is -0.246 e. The summed E-state index contributed by atoms with van der Waals surface area (Å²) in [5.41, 5.74) is 5.71. The van der Waals surface area contributed by atoms with E-state index < -0.39 is 0 Å². The second-order valence-corrected chi connectivity index (χ2v) is 6.90. The summed E-state index contributed by atoms with van der Waals surface area (Å²) < 4.78 is 0. The van der Waals surface area contributed by atoms with Crippen molar-refractivity contribution in [3.05, 3.63) is 100 Å². The molecule has 3 aromatic carbocycles. The predicted octanol–water partition coefficient (Wildman–Crippen LogP) is 6.26. The molecule has 0 aliphatic carbocycles. The van der Waals surface area contributed by atoms with E-state index in [0.29, 0.717) is 0 Å². The van der Waals surface area contributed by atoms with Crippen LogP contribution in [0, 0.1) is 6.92 Å². The summed E-state index contributed by atoms with van der Waals surface area (Å²) in [6.07, 6.45) is 2.23. The number of aliphatic imine (C=N–C) groups is 1. The van der Waals surface area contributed by atoms with Gasteiger partial charge in [0.25, 0.3) is 0 Å². The van der Waals surface area contributed by atoms with Crippen molar-refractivity contribution in [3.8, 4) is 0 Å². The minimum absolute atomic E-state index is 1.04. The van der Waals surface area contributed by atoms with Gasteiger partial charge < -0.3 is 0 Å². The first-order valence-corrected chi connectivity index (χ1v) is 8.81. The van der Waals surface area contributed by atoms with Crippen LogP contribution in [0.3, 0.4) is 0 Å². The molecule has 0 aromatic heterocycles. The van der Waals surface area contributed by atoms with Crippen LogP contribution in [-0.4, -0.2) is 5.71 Å². The molecule has 0 N–H and O–H groups in total. The lowest BCUT2D eigenvalue weighted by atomic mass is 10.1. The Hall–Kier alpha value is -2.58. The van der Waals surface area contributed by atoms with Crippen molar-refractivity contribution in [1.29, 1.82) is 0 Å². The molecular formula is C22H17NS. The van der Waals surface area contributed by atoms with Gasteiger partial charge in [-0.1, -0.05) is 84.1 Å². The highest BCUT2D eigenvalue weighted by atomic mass is 32.2. The van der Waals surface area contributed by atoms with Crippen LogP contribution in [0.4, 0.5) is 5.69 Å². The lowest BCUT2D eigenvalue weighted by molar-refractivity contribution is 1.36. The fourth-order valence-corrected chi connectivity index (χ4v) is 3.75. The van der Waals surface area contributed by atoms with Gasteiger partial charge in [-0.2, -0.15) is 0 Å². The third kappa shape index (κ3) is 3.06. The minimum atomic E-state index is 1.04. The first-order chi connectivity index (χ1) is 11.8. The van der Waals surface area contributed by atoms with Gasteiger partial charge in [0.1, 0.15) is 0 Å². The Labute approximate surface area is 146 Å². The fraction of sp³-hybridized carbons (Fsp3) is 0.0455. The zero-order valence-electron chi connectivity index (χ0n) is 13.4. The molecule has 0 fully saturated rings. The van der Waals surface area contributed by atoms with E-state index in [4.69, 9.17) is 4.99 Å². The van der Waals surface area contributed by atoms with Crippen LogP contribution in [0.5, 0.6) is 0 Å². The summed E-state index contributed by atoms with van der Waals surface area (Å²) in [5.74, 6) is 0. The highest BCUT2D eigenvalue weighted by molar-refractivity contribution is 8.04. The predicted molar refractivity (Wildman–Crippen MR) is 104 cm³/mol. The fourth-order valence-electron chi connectivity index (χ4n) is 2.69. The SMILES string of the molecule is Cc1ccc(/C=C2\Sc3ccccc3N=C2c2ccccc2)cc1. The Morgan fingerprint density at radius 2 is 1.50 bits per heavy atom. The highest BCUT2D eigenvalue weighted by Gasteiger charge is 2.19. The molecule has 1 heterocycles. The molecule has 4 rings (SSSR count). The summed E-state index contributed by atoms with van der Waals surface area (Å²) in [5, 5.41) is 0. The highest BCUT2D eigenvalue weighted by Crippen LogP contribution is 2.42. The van der Waals surface area contributed by atoms with Gasteiger partial charge in [0.05, 0.1) is 11.4 Å². The normalized spacial score (nSPS) is 15.0. The maximum absolute atomic E-state index is 4.94. The third-order valence-electron chi connectivity index (χ3n) is 3.97. The van der Waals surface area contributed by atoms with Gasteiger partial charge in [0.2, 0.25) is 0 Å². The van der Waals surface area contributed by atoms with Crippen LogP contribution < -0.4 is 0 Å². The second-order valence-electron chi connectivity index (χ2n) is 5.82. The van der Waals surface area contributed by atoms with Crippen LogP contribution in [0.15, 0.2) is 93.7 Å². The molecule has 3 aromatic rings. The van der Waals surface area contributed by atoms with Crippen molar-refractivity contribution in [1.82, 2.24) is 0 Å². The topological polar surface area (TPSA) is 12.4 Å². The molecule has 0 spiro atoms. The van der Waals surface area contributed by atoms with Crippen molar-refractivity contribution < 1.29 is 0 Å². The number of aryl methyl sites for hydroxylation is 1. The van der Waals surface area contributed by atoms with Crippen LogP contribution in [0.1, 0.15) is 16.7 Å². The standard InChI is InChI=1S/C22H17NS/c1-16-11-13-17(14-12-16)15-21-22(18-7-3-2-4-8-18)23-19-9-5-6-10-20(19)24-21/h2-15H,1H3/b21-15-. The number of para-hydroxylation sites is 1. The van der Waals surface area contributed by atoms with Gasteiger partial charge in [-0.15, -0.1) is 0 Å². The van der Waals surface area contributed by atoms with E-state index in [1.54, 1.807) is 11.8 Å². The van der Waals surface area contributed by atoms with Crippen LogP contribution in [-0.2, 0) is 0 Å². The molecular weight excluding hydrogens is 310 g/mol. The van der Waals surface area contributed by atoms with Gasteiger partial charge in [0, 0.05) is 15.4 Å². The van der Waals surface area contributed by atoms with Gasteiger partial charge in [-0.05, 0) is 30.7 Å². The zero-order valence-corrected chi connectivity index (χ0v) is 14.3. The van der Waals surface area contributed by atoms with E-state index in [-0.39, 0.29) is 0 Å². The molecule has 1 aliphatic rings. The summed E-state index contributed by atoms with van der Waals surface area (Å²) in [6.45, 7) is 2.11. The van der Waals surface area contributed by atoms with Gasteiger partial charge in [-0.25, -0.2) is 4.99 Å². The van der Waals surface area contributed by atoms with Gasteiger partial charge in [-0.3, -0.25) is 0 Å². The van der Waals surface area contributed by atoms with Crippen molar-refractivity contribution in [3.63, 3.8) is 0 Å². The summed E-state index contributed by atoms with van der Waals surface area (Å²) in [6, 6.07) is 27.3. The van der Waals surface area contributed by atoms with Crippen LogP contribution >= 0.6 is 11.8 Å². The lowest BCUT2D eigenvalue weighted by Crippen LogP contribution is -2.05. The van der Waals surface area contributed by atoms with E-state index in [2.05, 4.69) is 79.7 Å². The molecule has 0 atom stereocenters. The smallest absolute Gasteiger partial charge is 0.0849 e. The number of allylic oxidation sites excluding steroid dienone is 1. The Morgan fingerprint density at radius 1 is 0.792 bits per heavy atom. The van der Waals surface area contributed by atoms with E-state index in [9.17, 15) is 0 Å². The molecule has 0 bridgehead atoms. The molecule has 0 saturated carbocycles. The van der Waals surface area contributed by atoms with Gasteiger partial charge >= 0.3 is 0 Å².